The van der Waals surface area contributed by atoms with Crippen molar-refractivity contribution in [2.45, 2.75) is 38.7 Å². The fraction of sp³-hybridized carbons (Fsp3) is 0.538. The molecule has 0 spiro atoms. The average Bonchev–Trinajstić information content (AvgIpc) is 2.27. The normalized spacial score (nSPS) is 15.5. The minimum atomic E-state index is -4.35. The molecule has 0 bridgehead atoms. The molecule has 2 unspecified atom stereocenters. The lowest BCUT2D eigenvalue weighted by Gasteiger charge is -2.18. The summed E-state index contributed by atoms with van der Waals surface area (Å²) in [7, 11) is 1.52. The molecule has 2 nitrogen and oxygen atoms in total. The second-order valence-corrected chi connectivity index (χ2v) is 4.37. The Bertz CT molecular complexity index is 402. The van der Waals surface area contributed by atoms with Crippen LogP contribution >= 0.6 is 0 Å². The van der Waals surface area contributed by atoms with Crippen molar-refractivity contribution in [2.75, 3.05) is 7.11 Å². The number of benzene rings is 1. The quantitative estimate of drug-likeness (QED) is 0.900. The first-order valence-electron chi connectivity index (χ1n) is 5.64. The number of methoxy groups -OCH3 is 1. The van der Waals surface area contributed by atoms with Crippen molar-refractivity contribution in [1.82, 2.24) is 0 Å². The van der Waals surface area contributed by atoms with Gasteiger partial charge in [-0.2, -0.15) is 13.2 Å². The number of aryl methyl sites for hydroxylation is 1. The smallest absolute Gasteiger partial charge is 0.388 e. The van der Waals surface area contributed by atoms with E-state index in [2.05, 4.69) is 0 Å². The van der Waals surface area contributed by atoms with Gasteiger partial charge < -0.3 is 9.84 Å². The first kappa shape index (κ1) is 15.0. The van der Waals surface area contributed by atoms with Gasteiger partial charge in [0.1, 0.15) is 0 Å². The zero-order chi connectivity index (χ0) is 13.9. The van der Waals surface area contributed by atoms with Crippen molar-refractivity contribution in [3.63, 3.8) is 0 Å². The summed E-state index contributed by atoms with van der Waals surface area (Å²) in [6, 6.07) is 3.37. The van der Waals surface area contributed by atoms with Gasteiger partial charge in [0.05, 0.1) is 17.8 Å². The minimum absolute atomic E-state index is 0.151. The maximum absolute atomic E-state index is 12.5. The summed E-state index contributed by atoms with van der Waals surface area (Å²) in [6.45, 7) is 3.36. The van der Waals surface area contributed by atoms with Gasteiger partial charge in [-0.1, -0.05) is 6.07 Å². The number of rotatable bonds is 4. The van der Waals surface area contributed by atoms with Crippen LogP contribution in [0.3, 0.4) is 0 Å². The zero-order valence-corrected chi connectivity index (χ0v) is 10.6. The number of aliphatic hydroxyl groups is 1. The van der Waals surface area contributed by atoms with Gasteiger partial charge in [-0.05, 0) is 37.1 Å². The Morgan fingerprint density at radius 3 is 2.39 bits per heavy atom. The Morgan fingerprint density at radius 1 is 1.33 bits per heavy atom. The lowest BCUT2D eigenvalue weighted by atomic mass is 9.97. The number of hydrogen-bond donors (Lipinski definition) is 1. The maximum Gasteiger partial charge on any atom is 0.416 e. The highest BCUT2D eigenvalue weighted by atomic mass is 19.4. The molecule has 2 atom stereocenters. The lowest BCUT2D eigenvalue weighted by molar-refractivity contribution is -0.137. The van der Waals surface area contributed by atoms with E-state index in [4.69, 9.17) is 4.74 Å². The number of hydrogen-bond acceptors (Lipinski definition) is 2. The van der Waals surface area contributed by atoms with E-state index in [1.165, 1.54) is 13.2 Å². The van der Waals surface area contributed by atoms with E-state index in [9.17, 15) is 18.3 Å². The number of ether oxygens (including phenoxy) is 1. The van der Waals surface area contributed by atoms with Crippen molar-refractivity contribution in [3.8, 4) is 0 Å². The van der Waals surface area contributed by atoms with Gasteiger partial charge in [-0.25, -0.2) is 0 Å². The Labute approximate surface area is 104 Å². The van der Waals surface area contributed by atoms with E-state index in [1.54, 1.807) is 13.8 Å². The number of aliphatic hydroxyl groups excluding tert-OH is 1. The average molecular weight is 262 g/mol. The third kappa shape index (κ3) is 3.71. The molecule has 0 aliphatic heterocycles. The predicted octanol–water partition coefficient (Wildman–Crippen LogP) is 3.47. The van der Waals surface area contributed by atoms with Crippen LogP contribution in [0, 0.1) is 6.92 Å². The summed E-state index contributed by atoms with van der Waals surface area (Å²) >= 11 is 0. The van der Waals surface area contributed by atoms with Gasteiger partial charge in [-0.3, -0.25) is 0 Å². The van der Waals surface area contributed by atoms with Crippen molar-refractivity contribution < 1.29 is 23.0 Å². The summed E-state index contributed by atoms with van der Waals surface area (Å²) in [5.74, 6) is 0. The SMILES string of the molecule is COC(C)CC(O)c1ccc(C(F)(F)F)cc1C. The van der Waals surface area contributed by atoms with Crippen LogP contribution in [0.5, 0.6) is 0 Å². The van der Waals surface area contributed by atoms with Gasteiger partial charge in [0.25, 0.3) is 0 Å². The van der Waals surface area contributed by atoms with Crippen molar-refractivity contribution >= 4 is 0 Å². The summed E-state index contributed by atoms with van der Waals surface area (Å²) in [5, 5.41) is 9.94. The molecule has 1 aromatic rings. The summed E-state index contributed by atoms with van der Waals surface area (Å²) in [5.41, 5.74) is 0.239. The second-order valence-electron chi connectivity index (χ2n) is 4.37. The molecule has 0 saturated carbocycles. The highest BCUT2D eigenvalue weighted by molar-refractivity contribution is 5.34. The first-order valence-corrected chi connectivity index (χ1v) is 5.64. The Kier molecular flexibility index (Phi) is 4.76. The molecule has 1 N–H and O–H groups in total. The molecule has 0 aliphatic carbocycles. The Morgan fingerprint density at radius 2 is 1.94 bits per heavy atom. The molecule has 0 amide bonds. The molecule has 1 rings (SSSR count). The van der Waals surface area contributed by atoms with Crippen LogP contribution in [0.2, 0.25) is 0 Å². The molecule has 102 valence electrons. The van der Waals surface area contributed by atoms with Gasteiger partial charge >= 0.3 is 6.18 Å². The van der Waals surface area contributed by atoms with Gasteiger partial charge in [-0.15, -0.1) is 0 Å². The van der Waals surface area contributed by atoms with E-state index in [1.807, 2.05) is 0 Å². The molecule has 0 aromatic heterocycles. The molecule has 0 heterocycles. The summed E-state index contributed by atoms with van der Waals surface area (Å²) in [4.78, 5) is 0. The largest absolute Gasteiger partial charge is 0.416 e. The molecule has 5 heteroatoms. The number of alkyl halides is 3. The fourth-order valence-corrected chi connectivity index (χ4v) is 1.76. The van der Waals surface area contributed by atoms with Crippen LogP contribution in [0.25, 0.3) is 0 Å². The Hall–Kier alpha value is -1.07. The number of halogens is 3. The van der Waals surface area contributed by atoms with Crippen LogP contribution < -0.4 is 0 Å². The van der Waals surface area contributed by atoms with Gasteiger partial charge in [0.15, 0.2) is 0 Å². The molecule has 18 heavy (non-hydrogen) atoms. The van der Waals surface area contributed by atoms with Crippen molar-refractivity contribution in [3.05, 3.63) is 34.9 Å². The van der Waals surface area contributed by atoms with E-state index in [0.29, 0.717) is 17.5 Å². The first-order chi connectivity index (χ1) is 8.25. The highest BCUT2D eigenvalue weighted by Crippen LogP contribution is 2.32. The molecular formula is C13H17F3O2. The Balaban J connectivity index is 2.92. The highest BCUT2D eigenvalue weighted by Gasteiger charge is 2.31. The maximum atomic E-state index is 12.5. The van der Waals surface area contributed by atoms with E-state index in [-0.39, 0.29) is 6.10 Å². The summed E-state index contributed by atoms with van der Waals surface area (Å²) in [6.07, 6.45) is -4.97. The van der Waals surface area contributed by atoms with Crippen LogP contribution in [0.15, 0.2) is 18.2 Å². The van der Waals surface area contributed by atoms with Crippen LogP contribution in [0.4, 0.5) is 13.2 Å². The monoisotopic (exact) mass is 262 g/mol. The zero-order valence-electron chi connectivity index (χ0n) is 10.6. The van der Waals surface area contributed by atoms with E-state index < -0.39 is 17.8 Å². The standard InChI is InChI=1S/C13H17F3O2/c1-8-6-10(13(14,15)16)4-5-11(8)12(17)7-9(2)18-3/h4-6,9,12,17H,7H2,1-3H3. The molecular weight excluding hydrogens is 245 g/mol. The van der Waals surface area contributed by atoms with Gasteiger partial charge in [0.2, 0.25) is 0 Å². The van der Waals surface area contributed by atoms with Crippen molar-refractivity contribution in [1.29, 1.82) is 0 Å². The molecule has 1 aromatic carbocycles. The second kappa shape index (κ2) is 5.71. The lowest BCUT2D eigenvalue weighted by Crippen LogP contribution is -2.13. The van der Waals surface area contributed by atoms with Gasteiger partial charge in [0, 0.05) is 13.5 Å². The topological polar surface area (TPSA) is 29.5 Å². The summed E-state index contributed by atoms with van der Waals surface area (Å²) < 4.78 is 42.5. The predicted molar refractivity (Wildman–Crippen MR) is 62.2 cm³/mol. The van der Waals surface area contributed by atoms with Crippen LogP contribution in [-0.4, -0.2) is 18.3 Å². The minimum Gasteiger partial charge on any atom is -0.388 e. The fourth-order valence-electron chi connectivity index (χ4n) is 1.76. The molecule has 0 fully saturated rings. The van der Waals surface area contributed by atoms with E-state index in [0.717, 1.165) is 12.1 Å². The van der Waals surface area contributed by atoms with Crippen LogP contribution in [-0.2, 0) is 10.9 Å². The third-order valence-corrected chi connectivity index (χ3v) is 2.91. The van der Waals surface area contributed by atoms with Crippen LogP contribution in [0.1, 0.15) is 36.1 Å². The third-order valence-electron chi connectivity index (χ3n) is 2.91. The molecule has 0 radical (unpaired) electrons. The van der Waals surface area contributed by atoms with E-state index >= 15 is 0 Å². The molecule has 0 aliphatic rings. The molecule has 0 saturated heterocycles. The van der Waals surface area contributed by atoms with Crippen molar-refractivity contribution in [2.24, 2.45) is 0 Å².